The van der Waals surface area contributed by atoms with Crippen molar-refractivity contribution in [3.63, 3.8) is 0 Å². The molecule has 1 N–H and O–H groups in total. The van der Waals surface area contributed by atoms with Crippen molar-refractivity contribution in [2.45, 2.75) is 13.2 Å². The number of rotatable bonds is 3. The molecule has 0 fully saturated rings. The van der Waals surface area contributed by atoms with Gasteiger partial charge in [0.05, 0.1) is 6.61 Å². The number of nitrogens with zero attached hydrogens (tertiary/aromatic N) is 2. The van der Waals surface area contributed by atoms with Crippen LogP contribution in [0.4, 0.5) is 0 Å². The molecule has 0 radical (unpaired) electrons. The molecular weight excluding hydrogens is 216 g/mol. The van der Waals surface area contributed by atoms with Crippen LogP contribution in [0, 0.1) is 0 Å². The SMILES string of the molecule is CN(C)C(=O)Cn1ccc2c(CO)cccc21. The summed E-state index contributed by atoms with van der Waals surface area (Å²) in [6.45, 7) is 0.342. The molecule has 0 aliphatic rings. The summed E-state index contributed by atoms with van der Waals surface area (Å²) in [7, 11) is 3.49. The van der Waals surface area contributed by atoms with E-state index in [0.717, 1.165) is 16.5 Å². The molecule has 2 rings (SSSR count). The lowest BCUT2D eigenvalue weighted by Gasteiger charge is -2.11. The molecule has 0 spiro atoms. The predicted molar refractivity (Wildman–Crippen MR) is 66.6 cm³/mol. The maximum Gasteiger partial charge on any atom is 0.241 e. The van der Waals surface area contributed by atoms with Crippen molar-refractivity contribution >= 4 is 16.8 Å². The number of carbonyl (C=O) groups excluding carboxylic acids is 1. The van der Waals surface area contributed by atoms with Crippen LogP contribution >= 0.6 is 0 Å². The van der Waals surface area contributed by atoms with Gasteiger partial charge in [0.15, 0.2) is 0 Å². The van der Waals surface area contributed by atoms with E-state index >= 15 is 0 Å². The first-order chi connectivity index (χ1) is 8.13. The number of carbonyl (C=O) groups is 1. The van der Waals surface area contributed by atoms with Crippen LogP contribution in [0.2, 0.25) is 0 Å². The Labute approximate surface area is 100 Å². The predicted octanol–water partition coefficient (Wildman–Crippen LogP) is 1.22. The van der Waals surface area contributed by atoms with Crippen molar-refractivity contribution in [2.75, 3.05) is 14.1 Å². The monoisotopic (exact) mass is 232 g/mol. The van der Waals surface area contributed by atoms with Crippen molar-refractivity contribution in [2.24, 2.45) is 0 Å². The zero-order chi connectivity index (χ0) is 12.4. The van der Waals surface area contributed by atoms with Gasteiger partial charge in [-0.2, -0.15) is 0 Å². The maximum atomic E-state index is 11.7. The van der Waals surface area contributed by atoms with Crippen LogP contribution < -0.4 is 0 Å². The normalized spacial score (nSPS) is 10.8. The smallest absolute Gasteiger partial charge is 0.241 e. The van der Waals surface area contributed by atoms with Crippen LogP contribution in [0.5, 0.6) is 0 Å². The Balaban J connectivity index is 2.40. The summed E-state index contributed by atoms with van der Waals surface area (Å²) in [5.74, 6) is 0.0527. The standard InChI is InChI=1S/C13H16N2O2/c1-14(2)13(17)8-15-7-6-11-10(9-16)4-3-5-12(11)15/h3-7,16H,8-9H2,1-2H3. The Bertz CT molecular complexity index is 543. The van der Waals surface area contributed by atoms with Gasteiger partial charge in [0.2, 0.25) is 5.91 Å². The topological polar surface area (TPSA) is 45.5 Å². The van der Waals surface area contributed by atoms with Gasteiger partial charge < -0.3 is 14.6 Å². The molecule has 1 heterocycles. The van der Waals surface area contributed by atoms with Gasteiger partial charge in [-0.3, -0.25) is 4.79 Å². The average molecular weight is 232 g/mol. The highest BCUT2D eigenvalue weighted by Gasteiger charge is 2.09. The summed E-state index contributed by atoms with van der Waals surface area (Å²) in [5, 5.41) is 10.2. The van der Waals surface area contributed by atoms with E-state index in [0.29, 0.717) is 6.54 Å². The first-order valence-corrected chi connectivity index (χ1v) is 5.51. The number of fused-ring (bicyclic) bond motifs is 1. The maximum absolute atomic E-state index is 11.7. The van der Waals surface area contributed by atoms with E-state index in [9.17, 15) is 9.90 Å². The number of benzene rings is 1. The number of aromatic nitrogens is 1. The molecule has 0 saturated carbocycles. The molecule has 0 atom stereocenters. The van der Waals surface area contributed by atoms with Crippen molar-refractivity contribution in [3.05, 3.63) is 36.0 Å². The molecular formula is C13H16N2O2. The summed E-state index contributed by atoms with van der Waals surface area (Å²) in [6, 6.07) is 7.67. The van der Waals surface area contributed by atoms with Crippen LogP contribution in [-0.4, -0.2) is 34.6 Å². The molecule has 0 saturated heterocycles. The van der Waals surface area contributed by atoms with Gasteiger partial charge in [0, 0.05) is 31.2 Å². The van der Waals surface area contributed by atoms with Crippen molar-refractivity contribution in [1.29, 1.82) is 0 Å². The van der Waals surface area contributed by atoms with Crippen molar-refractivity contribution in [1.82, 2.24) is 9.47 Å². The third kappa shape index (κ3) is 2.17. The second kappa shape index (κ2) is 4.59. The van der Waals surface area contributed by atoms with Gasteiger partial charge in [0.25, 0.3) is 0 Å². The third-order valence-corrected chi connectivity index (χ3v) is 2.88. The number of hydrogen-bond acceptors (Lipinski definition) is 2. The fourth-order valence-corrected chi connectivity index (χ4v) is 1.85. The molecule has 1 amide bonds. The van der Waals surface area contributed by atoms with E-state index in [2.05, 4.69) is 0 Å². The molecule has 90 valence electrons. The fourth-order valence-electron chi connectivity index (χ4n) is 1.85. The first kappa shape index (κ1) is 11.7. The number of hydrogen-bond donors (Lipinski definition) is 1. The number of likely N-dealkylation sites (N-methyl/N-ethyl adjacent to an activating group) is 1. The molecule has 1 aromatic carbocycles. The van der Waals surface area contributed by atoms with Crippen LogP contribution in [-0.2, 0) is 17.9 Å². The summed E-state index contributed by atoms with van der Waals surface area (Å²) < 4.78 is 1.90. The first-order valence-electron chi connectivity index (χ1n) is 5.51. The fraction of sp³-hybridized carbons (Fsp3) is 0.308. The zero-order valence-electron chi connectivity index (χ0n) is 10.1. The summed E-state index contributed by atoms with van der Waals surface area (Å²) >= 11 is 0. The molecule has 0 aliphatic heterocycles. The van der Waals surface area contributed by atoms with Gasteiger partial charge in [-0.1, -0.05) is 12.1 Å². The highest BCUT2D eigenvalue weighted by molar-refractivity contribution is 5.85. The van der Waals surface area contributed by atoms with Gasteiger partial charge in [0.1, 0.15) is 6.54 Å². The molecule has 0 unspecified atom stereocenters. The molecule has 17 heavy (non-hydrogen) atoms. The molecule has 0 bridgehead atoms. The van der Waals surface area contributed by atoms with Gasteiger partial charge in [-0.25, -0.2) is 0 Å². The molecule has 4 nitrogen and oxygen atoms in total. The minimum Gasteiger partial charge on any atom is -0.392 e. The second-order valence-corrected chi connectivity index (χ2v) is 4.24. The van der Waals surface area contributed by atoms with E-state index in [1.807, 2.05) is 35.0 Å². The largest absolute Gasteiger partial charge is 0.392 e. The van der Waals surface area contributed by atoms with E-state index in [-0.39, 0.29) is 12.5 Å². The minimum absolute atomic E-state index is 0.0168. The van der Waals surface area contributed by atoms with Crippen molar-refractivity contribution < 1.29 is 9.90 Å². The van der Waals surface area contributed by atoms with Gasteiger partial charge in [-0.05, 0) is 17.7 Å². The number of aliphatic hydroxyl groups excluding tert-OH is 1. The molecule has 1 aromatic heterocycles. The third-order valence-electron chi connectivity index (χ3n) is 2.88. The second-order valence-electron chi connectivity index (χ2n) is 4.24. The Morgan fingerprint density at radius 1 is 1.35 bits per heavy atom. The van der Waals surface area contributed by atoms with Gasteiger partial charge in [-0.15, -0.1) is 0 Å². The molecule has 0 aliphatic carbocycles. The number of amides is 1. The Hall–Kier alpha value is -1.81. The van der Waals surface area contributed by atoms with E-state index in [4.69, 9.17) is 0 Å². The summed E-state index contributed by atoms with van der Waals surface area (Å²) in [5.41, 5.74) is 1.87. The van der Waals surface area contributed by atoms with E-state index in [1.54, 1.807) is 19.0 Å². The van der Waals surface area contributed by atoms with Crippen LogP contribution in [0.1, 0.15) is 5.56 Å². The van der Waals surface area contributed by atoms with Gasteiger partial charge >= 0.3 is 0 Å². The zero-order valence-corrected chi connectivity index (χ0v) is 10.1. The molecule has 2 aromatic rings. The van der Waals surface area contributed by atoms with Crippen LogP contribution in [0.25, 0.3) is 10.9 Å². The lowest BCUT2D eigenvalue weighted by molar-refractivity contribution is -0.129. The quantitative estimate of drug-likeness (QED) is 0.865. The average Bonchev–Trinajstić information content (AvgIpc) is 2.72. The minimum atomic E-state index is 0.0168. The van der Waals surface area contributed by atoms with Crippen LogP contribution in [0.15, 0.2) is 30.5 Å². The van der Waals surface area contributed by atoms with Crippen molar-refractivity contribution in [3.8, 4) is 0 Å². The lowest BCUT2D eigenvalue weighted by atomic mass is 10.1. The Morgan fingerprint density at radius 3 is 2.76 bits per heavy atom. The lowest BCUT2D eigenvalue weighted by Crippen LogP contribution is -2.25. The highest BCUT2D eigenvalue weighted by atomic mass is 16.3. The van der Waals surface area contributed by atoms with E-state index in [1.165, 1.54) is 0 Å². The molecule has 4 heteroatoms. The van der Waals surface area contributed by atoms with E-state index < -0.39 is 0 Å². The summed E-state index contributed by atoms with van der Waals surface area (Å²) in [4.78, 5) is 13.2. The van der Waals surface area contributed by atoms with Crippen LogP contribution in [0.3, 0.4) is 0 Å². The Kier molecular flexibility index (Phi) is 3.15. The number of aliphatic hydroxyl groups is 1. The summed E-state index contributed by atoms with van der Waals surface area (Å²) in [6.07, 6.45) is 1.88. The Morgan fingerprint density at radius 2 is 2.12 bits per heavy atom. The highest BCUT2D eigenvalue weighted by Crippen LogP contribution is 2.20.